The second-order valence-corrected chi connectivity index (χ2v) is 6.48. The van der Waals surface area contributed by atoms with Gasteiger partial charge in [0.15, 0.2) is 0 Å². The van der Waals surface area contributed by atoms with Gasteiger partial charge in [0.05, 0.1) is 6.26 Å². The summed E-state index contributed by atoms with van der Waals surface area (Å²) in [6.07, 6.45) is 1.17. The Bertz CT molecular complexity index is 560. The van der Waals surface area contributed by atoms with Gasteiger partial charge in [-0.05, 0) is 24.3 Å². The smallest absolute Gasteiger partial charge is 0.253 e. The van der Waals surface area contributed by atoms with Crippen molar-refractivity contribution in [2.24, 2.45) is 0 Å². The van der Waals surface area contributed by atoms with E-state index in [-0.39, 0.29) is 11.7 Å². The number of benzene rings is 1. The summed E-state index contributed by atoms with van der Waals surface area (Å²) in [5, 5.41) is 9.17. The number of carbonyl (C=O) groups excluding carboxylic acids is 1. The fraction of sp³-hybridized carbons (Fsp3) is 0.417. The van der Waals surface area contributed by atoms with Gasteiger partial charge in [-0.2, -0.15) is 4.31 Å². The molecule has 104 valence electrons. The summed E-state index contributed by atoms with van der Waals surface area (Å²) >= 11 is 0. The highest BCUT2D eigenvalue weighted by Crippen LogP contribution is 2.14. The minimum absolute atomic E-state index is 0.110. The third-order valence-corrected chi connectivity index (χ3v) is 4.41. The first-order chi connectivity index (χ1) is 8.88. The zero-order valence-electron chi connectivity index (χ0n) is 10.6. The molecule has 2 rings (SSSR count). The van der Waals surface area contributed by atoms with E-state index in [9.17, 15) is 18.3 Å². The lowest BCUT2D eigenvalue weighted by atomic mass is 10.2. The van der Waals surface area contributed by atoms with Crippen molar-refractivity contribution in [1.82, 2.24) is 9.21 Å². The van der Waals surface area contributed by atoms with Crippen molar-refractivity contribution < 1.29 is 18.3 Å². The van der Waals surface area contributed by atoms with Crippen LogP contribution in [0.4, 0.5) is 0 Å². The molecular weight excluding hydrogens is 268 g/mol. The largest absolute Gasteiger partial charge is 0.508 e. The number of hydrogen-bond acceptors (Lipinski definition) is 4. The second kappa shape index (κ2) is 5.18. The van der Waals surface area contributed by atoms with Gasteiger partial charge in [0.1, 0.15) is 5.75 Å². The van der Waals surface area contributed by atoms with Crippen LogP contribution in [0.2, 0.25) is 0 Å². The van der Waals surface area contributed by atoms with Crippen molar-refractivity contribution in [2.45, 2.75) is 0 Å². The first kappa shape index (κ1) is 13.8. The zero-order chi connectivity index (χ0) is 14.0. The summed E-state index contributed by atoms with van der Waals surface area (Å²) in [5.41, 5.74) is 0.491. The topological polar surface area (TPSA) is 77.9 Å². The number of phenols is 1. The van der Waals surface area contributed by atoms with Crippen molar-refractivity contribution in [1.29, 1.82) is 0 Å². The van der Waals surface area contributed by atoms with Crippen LogP contribution in [0.1, 0.15) is 10.4 Å². The Morgan fingerprint density at radius 2 is 1.63 bits per heavy atom. The van der Waals surface area contributed by atoms with E-state index in [4.69, 9.17) is 0 Å². The predicted octanol–water partition coefficient (Wildman–Crippen LogP) is 0.110. The minimum atomic E-state index is -3.18. The fourth-order valence-electron chi connectivity index (χ4n) is 2.01. The summed E-state index contributed by atoms with van der Waals surface area (Å²) in [6, 6.07) is 6.03. The van der Waals surface area contributed by atoms with Gasteiger partial charge in [0.2, 0.25) is 10.0 Å². The van der Waals surface area contributed by atoms with Crippen LogP contribution in [0.15, 0.2) is 24.3 Å². The molecule has 0 spiro atoms. The molecule has 6 nitrogen and oxygen atoms in total. The second-order valence-electron chi connectivity index (χ2n) is 4.50. The van der Waals surface area contributed by atoms with Crippen LogP contribution in [-0.4, -0.2) is 61.1 Å². The van der Waals surface area contributed by atoms with E-state index in [0.29, 0.717) is 31.7 Å². The van der Waals surface area contributed by atoms with Crippen molar-refractivity contribution >= 4 is 15.9 Å². The molecular formula is C12H16N2O4S. The van der Waals surface area contributed by atoms with E-state index in [1.807, 2.05) is 0 Å². The average molecular weight is 284 g/mol. The molecule has 19 heavy (non-hydrogen) atoms. The Balaban J connectivity index is 2.02. The van der Waals surface area contributed by atoms with Crippen LogP contribution in [-0.2, 0) is 10.0 Å². The summed E-state index contributed by atoms with van der Waals surface area (Å²) in [5.74, 6) is -0.0356. The SMILES string of the molecule is CS(=O)(=O)N1CCN(C(=O)c2ccc(O)cc2)CC1. The number of amides is 1. The highest BCUT2D eigenvalue weighted by Gasteiger charge is 2.26. The molecule has 1 aliphatic heterocycles. The van der Waals surface area contributed by atoms with Crippen LogP contribution < -0.4 is 0 Å². The molecule has 1 aromatic carbocycles. The molecule has 1 fully saturated rings. The molecule has 0 bridgehead atoms. The number of phenolic OH excluding ortho intramolecular Hbond substituents is 1. The molecule has 1 N–H and O–H groups in total. The molecule has 0 saturated carbocycles. The van der Waals surface area contributed by atoms with Gasteiger partial charge in [-0.15, -0.1) is 0 Å². The zero-order valence-corrected chi connectivity index (χ0v) is 11.4. The Hall–Kier alpha value is -1.60. The summed E-state index contributed by atoms with van der Waals surface area (Å²) in [7, 11) is -3.18. The van der Waals surface area contributed by atoms with Crippen LogP contribution in [0, 0.1) is 0 Å². The van der Waals surface area contributed by atoms with Gasteiger partial charge in [0.25, 0.3) is 5.91 Å². The Kier molecular flexibility index (Phi) is 3.77. The number of piperazine rings is 1. The maximum absolute atomic E-state index is 12.1. The van der Waals surface area contributed by atoms with E-state index in [0.717, 1.165) is 0 Å². The third kappa shape index (κ3) is 3.24. The third-order valence-electron chi connectivity index (χ3n) is 3.11. The van der Waals surface area contributed by atoms with Crippen LogP contribution in [0.5, 0.6) is 5.75 Å². The molecule has 1 aromatic rings. The Morgan fingerprint density at radius 3 is 2.11 bits per heavy atom. The summed E-state index contributed by atoms with van der Waals surface area (Å²) in [4.78, 5) is 13.8. The minimum Gasteiger partial charge on any atom is -0.508 e. The van der Waals surface area contributed by atoms with E-state index in [2.05, 4.69) is 0 Å². The lowest BCUT2D eigenvalue weighted by Crippen LogP contribution is -2.50. The van der Waals surface area contributed by atoms with E-state index in [1.165, 1.54) is 22.7 Å². The number of aromatic hydroxyl groups is 1. The first-order valence-electron chi connectivity index (χ1n) is 5.91. The standard InChI is InChI=1S/C12H16N2O4S/c1-19(17,18)14-8-6-13(7-9-14)12(16)10-2-4-11(15)5-3-10/h2-5,15H,6-9H2,1H3. The van der Waals surface area contributed by atoms with E-state index >= 15 is 0 Å². The van der Waals surface area contributed by atoms with Gasteiger partial charge in [-0.1, -0.05) is 0 Å². The predicted molar refractivity (Wildman–Crippen MR) is 70.4 cm³/mol. The number of carbonyl (C=O) groups is 1. The molecule has 0 radical (unpaired) electrons. The maximum atomic E-state index is 12.1. The van der Waals surface area contributed by atoms with Crippen molar-refractivity contribution in [3.05, 3.63) is 29.8 Å². The molecule has 1 heterocycles. The van der Waals surface area contributed by atoms with Crippen molar-refractivity contribution in [3.63, 3.8) is 0 Å². The Morgan fingerprint density at radius 1 is 1.11 bits per heavy atom. The molecule has 7 heteroatoms. The molecule has 1 amide bonds. The van der Waals surface area contributed by atoms with Crippen LogP contribution in [0.25, 0.3) is 0 Å². The van der Waals surface area contributed by atoms with E-state index < -0.39 is 10.0 Å². The Labute approximate surface area is 112 Å². The molecule has 0 atom stereocenters. The average Bonchev–Trinajstić information content (AvgIpc) is 2.38. The van der Waals surface area contributed by atoms with Gasteiger partial charge in [-0.3, -0.25) is 4.79 Å². The van der Waals surface area contributed by atoms with Crippen molar-refractivity contribution in [3.8, 4) is 5.75 Å². The molecule has 0 unspecified atom stereocenters. The number of hydrogen-bond donors (Lipinski definition) is 1. The fourth-order valence-corrected chi connectivity index (χ4v) is 2.84. The van der Waals surface area contributed by atoms with Gasteiger partial charge in [0, 0.05) is 31.7 Å². The molecule has 1 saturated heterocycles. The maximum Gasteiger partial charge on any atom is 0.253 e. The molecule has 0 aliphatic carbocycles. The van der Waals surface area contributed by atoms with Gasteiger partial charge in [-0.25, -0.2) is 8.42 Å². The van der Waals surface area contributed by atoms with Gasteiger partial charge >= 0.3 is 0 Å². The monoisotopic (exact) mass is 284 g/mol. The highest BCUT2D eigenvalue weighted by atomic mass is 32.2. The van der Waals surface area contributed by atoms with Crippen LogP contribution in [0.3, 0.4) is 0 Å². The summed E-state index contributed by atoms with van der Waals surface area (Å²) < 4.78 is 24.1. The molecule has 0 aromatic heterocycles. The number of sulfonamides is 1. The first-order valence-corrected chi connectivity index (χ1v) is 7.76. The number of rotatable bonds is 2. The number of nitrogens with zero attached hydrogens (tertiary/aromatic N) is 2. The van der Waals surface area contributed by atoms with Crippen molar-refractivity contribution in [2.75, 3.05) is 32.4 Å². The molecule has 1 aliphatic rings. The van der Waals surface area contributed by atoms with E-state index in [1.54, 1.807) is 17.0 Å². The summed E-state index contributed by atoms with van der Waals surface area (Å²) in [6.45, 7) is 1.41. The normalized spacial score (nSPS) is 17.4. The van der Waals surface area contributed by atoms with Crippen LogP contribution >= 0.6 is 0 Å². The van der Waals surface area contributed by atoms with Gasteiger partial charge < -0.3 is 10.0 Å². The lowest BCUT2D eigenvalue weighted by Gasteiger charge is -2.33. The highest BCUT2D eigenvalue weighted by molar-refractivity contribution is 7.88. The lowest BCUT2D eigenvalue weighted by molar-refractivity contribution is 0.0698. The quantitative estimate of drug-likeness (QED) is 0.836.